The van der Waals surface area contributed by atoms with Crippen molar-refractivity contribution < 1.29 is 9.53 Å². The van der Waals surface area contributed by atoms with Crippen molar-refractivity contribution in [1.82, 2.24) is 5.32 Å². The minimum atomic E-state index is 0.0344. The molecular formula is C12H14N2O2. The molecular weight excluding hydrogens is 204 g/mol. The van der Waals surface area contributed by atoms with Crippen molar-refractivity contribution >= 4 is 11.6 Å². The molecule has 84 valence electrons. The highest BCUT2D eigenvalue weighted by Crippen LogP contribution is 2.31. The standard InChI is InChI=1S/C12H14N2O2/c1-16-10-4-2-8(3-5-10)14-9-6-11(12(14)15)13-7-9/h2-5,9,11,13H,6-7H2,1H3. The molecule has 1 N–H and O–H groups in total. The quantitative estimate of drug-likeness (QED) is 0.797. The Morgan fingerprint density at radius 2 is 2.12 bits per heavy atom. The molecule has 16 heavy (non-hydrogen) atoms. The SMILES string of the molecule is COc1ccc(N2C(=O)C3CC2CN3)cc1. The van der Waals surface area contributed by atoms with E-state index in [0.717, 1.165) is 24.4 Å². The second-order valence-electron chi connectivity index (χ2n) is 4.26. The molecule has 2 aliphatic heterocycles. The van der Waals surface area contributed by atoms with Gasteiger partial charge in [0.2, 0.25) is 5.91 Å². The third-order valence-corrected chi connectivity index (χ3v) is 3.36. The molecule has 0 saturated carbocycles. The van der Waals surface area contributed by atoms with Gasteiger partial charge in [0.15, 0.2) is 0 Å². The molecule has 2 fully saturated rings. The Morgan fingerprint density at radius 3 is 2.69 bits per heavy atom. The summed E-state index contributed by atoms with van der Waals surface area (Å²) in [5, 5.41) is 3.21. The number of piperazine rings is 1. The molecule has 2 unspecified atom stereocenters. The molecule has 2 heterocycles. The molecule has 1 amide bonds. The highest BCUT2D eigenvalue weighted by Gasteiger charge is 2.45. The van der Waals surface area contributed by atoms with Gasteiger partial charge in [-0.1, -0.05) is 0 Å². The summed E-state index contributed by atoms with van der Waals surface area (Å²) in [6.45, 7) is 0.905. The minimum absolute atomic E-state index is 0.0344. The number of fused-ring (bicyclic) bond motifs is 2. The van der Waals surface area contributed by atoms with Gasteiger partial charge in [0.25, 0.3) is 0 Å². The van der Waals surface area contributed by atoms with E-state index in [2.05, 4.69) is 5.32 Å². The Kier molecular flexibility index (Phi) is 2.11. The van der Waals surface area contributed by atoms with Gasteiger partial charge in [-0.3, -0.25) is 4.79 Å². The van der Waals surface area contributed by atoms with Crippen LogP contribution in [0.5, 0.6) is 5.75 Å². The van der Waals surface area contributed by atoms with Crippen molar-refractivity contribution in [1.29, 1.82) is 0 Å². The van der Waals surface area contributed by atoms with Crippen LogP contribution >= 0.6 is 0 Å². The molecule has 4 nitrogen and oxygen atoms in total. The molecule has 0 aliphatic carbocycles. The zero-order valence-electron chi connectivity index (χ0n) is 9.14. The lowest BCUT2D eigenvalue weighted by molar-refractivity contribution is -0.119. The van der Waals surface area contributed by atoms with Gasteiger partial charge in [0, 0.05) is 12.2 Å². The highest BCUT2D eigenvalue weighted by atomic mass is 16.5. The number of methoxy groups -OCH3 is 1. The van der Waals surface area contributed by atoms with Crippen LogP contribution < -0.4 is 15.0 Å². The number of rotatable bonds is 2. The van der Waals surface area contributed by atoms with Gasteiger partial charge >= 0.3 is 0 Å². The smallest absolute Gasteiger partial charge is 0.244 e. The summed E-state index contributed by atoms with van der Waals surface area (Å²) >= 11 is 0. The van der Waals surface area contributed by atoms with Crippen LogP contribution in [0.25, 0.3) is 0 Å². The minimum Gasteiger partial charge on any atom is -0.497 e. The normalized spacial score (nSPS) is 27.6. The number of hydrogen-bond donors (Lipinski definition) is 1. The van der Waals surface area contributed by atoms with Gasteiger partial charge in [-0.25, -0.2) is 0 Å². The van der Waals surface area contributed by atoms with Gasteiger partial charge in [-0.2, -0.15) is 0 Å². The Labute approximate surface area is 94.2 Å². The van der Waals surface area contributed by atoms with E-state index >= 15 is 0 Å². The fraction of sp³-hybridized carbons (Fsp3) is 0.417. The number of nitrogens with one attached hydrogen (secondary N) is 1. The Balaban J connectivity index is 1.89. The predicted molar refractivity (Wildman–Crippen MR) is 60.7 cm³/mol. The van der Waals surface area contributed by atoms with Crippen molar-refractivity contribution in [2.24, 2.45) is 0 Å². The fourth-order valence-corrected chi connectivity index (χ4v) is 2.53. The fourth-order valence-electron chi connectivity index (χ4n) is 2.53. The zero-order chi connectivity index (χ0) is 11.1. The molecule has 0 aromatic heterocycles. The van der Waals surface area contributed by atoms with Gasteiger partial charge in [-0.05, 0) is 30.7 Å². The summed E-state index contributed by atoms with van der Waals surface area (Å²) in [7, 11) is 1.64. The lowest BCUT2D eigenvalue weighted by Gasteiger charge is -2.27. The Morgan fingerprint density at radius 1 is 1.38 bits per heavy atom. The van der Waals surface area contributed by atoms with Crippen molar-refractivity contribution in [2.75, 3.05) is 18.6 Å². The summed E-state index contributed by atoms with van der Waals surface area (Å²) in [5.74, 6) is 1.01. The monoisotopic (exact) mass is 218 g/mol. The van der Waals surface area contributed by atoms with E-state index < -0.39 is 0 Å². The molecule has 2 atom stereocenters. The maximum atomic E-state index is 12.0. The number of nitrogens with zero attached hydrogens (tertiary/aromatic N) is 1. The maximum Gasteiger partial charge on any atom is 0.244 e. The van der Waals surface area contributed by atoms with E-state index in [1.165, 1.54) is 0 Å². The molecule has 3 rings (SSSR count). The van der Waals surface area contributed by atoms with Crippen LogP contribution in [0.1, 0.15) is 6.42 Å². The molecule has 1 aromatic rings. The Hall–Kier alpha value is -1.55. The van der Waals surface area contributed by atoms with Gasteiger partial charge in [0.05, 0.1) is 19.2 Å². The van der Waals surface area contributed by atoms with Crippen LogP contribution in [0.4, 0.5) is 5.69 Å². The van der Waals surface area contributed by atoms with Crippen molar-refractivity contribution in [2.45, 2.75) is 18.5 Å². The van der Waals surface area contributed by atoms with Crippen molar-refractivity contribution in [3.05, 3.63) is 24.3 Å². The molecule has 2 saturated heterocycles. The molecule has 2 bridgehead atoms. The topological polar surface area (TPSA) is 41.6 Å². The second kappa shape index (κ2) is 3.49. The first-order valence-corrected chi connectivity index (χ1v) is 5.50. The zero-order valence-corrected chi connectivity index (χ0v) is 9.14. The van der Waals surface area contributed by atoms with Gasteiger partial charge in [0.1, 0.15) is 5.75 Å². The van der Waals surface area contributed by atoms with E-state index in [1.54, 1.807) is 7.11 Å². The maximum absolute atomic E-state index is 12.0. The summed E-state index contributed by atoms with van der Waals surface area (Å²) in [6, 6.07) is 8.02. The van der Waals surface area contributed by atoms with Crippen molar-refractivity contribution in [3.8, 4) is 5.75 Å². The summed E-state index contributed by atoms with van der Waals surface area (Å²) < 4.78 is 5.10. The lowest BCUT2D eigenvalue weighted by atomic mass is 10.2. The Bertz CT molecular complexity index is 416. The predicted octanol–water partition coefficient (Wildman–Crippen LogP) is 0.772. The van der Waals surface area contributed by atoms with E-state index in [1.807, 2.05) is 29.2 Å². The molecule has 4 heteroatoms. The van der Waals surface area contributed by atoms with Crippen LogP contribution in [0.2, 0.25) is 0 Å². The first-order chi connectivity index (χ1) is 7.79. The van der Waals surface area contributed by atoms with Crippen LogP contribution in [0.3, 0.4) is 0 Å². The average Bonchev–Trinajstić information content (AvgIpc) is 2.90. The van der Waals surface area contributed by atoms with Crippen LogP contribution in [0.15, 0.2) is 24.3 Å². The van der Waals surface area contributed by atoms with Crippen LogP contribution in [0, 0.1) is 0 Å². The number of amides is 1. The number of carbonyl (C=O) groups is 1. The van der Waals surface area contributed by atoms with E-state index in [9.17, 15) is 4.79 Å². The number of carbonyl (C=O) groups excluding carboxylic acids is 1. The molecule has 1 aromatic carbocycles. The van der Waals surface area contributed by atoms with Gasteiger partial charge in [-0.15, -0.1) is 0 Å². The number of benzene rings is 1. The molecule has 0 radical (unpaired) electrons. The highest BCUT2D eigenvalue weighted by molar-refractivity contribution is 6.01. The number of hydrogen-bond acceptors (Lipinski definition) is 3. The van der Waals surface area contributed by atoms with E-state index in [0.29, 0.717) is 6.04 Å². The molecule has 0 spiro atoms. The van der Waals surface area contributed by atoms with E-state index in [4.69, 9.17) is 4.74 Å². The summed E-state index contributed by atoms with van der Waals surface area (Å²) in [6.07, 6.45) is 0.935. The first-order valence-electron chi connectivity index (χ1n) is 5.50. The van der Waals surface area contributed by atoms with Crippen molar-refractivity contribution in [3.63, 3.8) is 0 Å². The van der Waals surface area contributed by atoms with Gasteiger partial charge < -0.3 is 15.0 Å². The third kappa shape index (κ3) is 1.30. The van der Waals surface area contributed by atoms with Crippen LogP contribution in [-0.2, 0) is 4.79 Å². The largest absolute Gasteiger partial charge is 0.497 e. The van der Waals surface area contributed by atoms with E-state index in [-0.39, 0.29) is 11.9 Å². The molecule has 2 aliphatic rings. The number of ether oxygens (including phenoxy) is 1. The number of anilines is 1. The summed E-state index contributed by atoms with van der Waals surface area (Å²) in [4.78, 5) is 13.9. The average molecular weight is 218 g/mol. The first kappa shape index (κ1) is 9.66. The van der Waals surface area contributed by atoms with Crippen LogP contribution in [-0.4, -0.2) is 31.6 Å². The second-order valence-corrected chi connectivity index (χ2v) is 4.26. The summed E-state index contributed by atoms with van der Waals surface area (Å²) in [5.41, 5.74) is 0.972. The lowest BCUT2D eigenvalue weighted by Crippen LogP contribution is -2.48. The third-order valence-electron chi connectivity index (χ3n) is 3.36.